The van der Waals surface area contributed by atoms with Gasteiger partial charge in [-0.1, -0.05) is 66.0 Å². The van der Waals surface area contributed by atoms with E-state index in [-0.39, 0.29) is 5.41 Å². The second-order valence-electron chi connectivity index (χ2n) is 5.08. The van der Waals surface area contributed by atoms with Gasteiger partial charge in [-0.2, -0.15) is 0 Å². The highest BCUT2D eigenvalue weighted by atomic mass is 79.9. The summed E-state index contributed by atoms with van der Waals surface area (Å²) in [6, 6.07) is 5.37. The molecule has 0 aliphatic carbocycles. The van der Waals surface area contributed by atoms with Gasteiger partial charge < -0.3 is 4.74 Å². The van der Waals surface area contributed by atoms with Crippen LogP contribution in [-0.4, -0.2) is 11.9 Å². The van der Waals surface area contributed by atoms with Crippen molar-refractivity contribution >= 4 is 39.1 Å². The Morgan fingerprint density at radius 1 is 1.24 bits per heavy atom. The third-order valence-corrected chi connectivity index (χ3v) is 4.14. The normalized spacial score (nSPS) is 13.5. The smallest absolute Gasteiger partial charge is 0.156 e. The van der Waals surface area contributed by atoms with Gasteiger partial charge in [0, 0.05) is 11.2 Å². The number of ether oxygens (including phenoxy) is 1. The predicted octanol–water partition coefficient (Wildman–Crippen LogP) is 5.43. The molecule has 4 heteroatoms. The third-order valence-electron chi connectivity index (χ3n) is 2.76. The van der Waals surface area contributed by atoms with E-state index >= 15 is 0 Å². The fourth-order valence-electron chi connectivity index (χ4n) is 1.33. The van der Waals surface area contributed by atoms with E-state index in [1.54, 1.807) is 12.1 Å². The van der Waals surface area contributed by atoms with Crippen LogP contribution in [0, 0.1) is 11.3 Å². The van der Waals surface area contributed by atoms with Crippen LogP contribution in [0.25, 0.3) is 0 Å². The lowest BCUT2D eigenvalue weighted by Crippen LogP contribution is -2.28. The number of rotatable bonds is 4. The monoisotopic (exact) mass is 338 g/mol. The zero-order chi connectivity index (χ0) is 13.1. The zero-order valence-electron chi connectivity index (χ0n) is 10.3. The van der Waals surface area contributed by atoms with Crippen LogP contribution >= 0.6 is 39.1 Å². The first kappa shape index (κ1) is 15.1. The van der Waals surface area contributed by atoms with E-state index in [0.717, 1.165) is 5.33 Å². The first-order valence-electron chi connectivity index (χ1n) is 5.49. The summed E-state index contributed by atoms with van der Waals surface area (Å²) in [6.45, 7) is 7.17. The molecule has 1 atom stereocenters. The molecule has 0 spiro atoms. The Morgan fingerprint density at radius 2 is 1.76 bits per heavy atom. The molecule has 1 nitrogen and oxygen atoms in total. The molecule has 1 aromatic carbocycles. The van der Waals surface area contributed by atoms with Crippen LogP contribution in [0.5, 0.6) is 5.75 Å². The number of alkyl halides is 1. The molecule has 1 rings (SSSR count). The van der Waals surface area contributed by atoms with Crippen LogP contribution in [-0.2, 0) is 0 Å². The lowest BCUT2D eigenvalue weighted by atomic mass is 9.83. The Hall–Kier alpha value is 0.0800. The van der Waals surface area contributed by atoms with Crippen molar-refractivity contribution in [3.63, 3.8) is 0 Å². The molecule has 0 aromatic heterocycles. The maximum Gasteiger partial charge on any atom is 0.156 e. The number of hydrogen-bond donors (Lipinski definition) is 0. The standard InChI is InChI=1S/C13H17BrCl2O/c1-13(2,3)9(7-14)8-17-12-10(15)5-4-6-11(12)16/h4-6,9H,7-8H2,1-3H3. The molecule has 96 valence electrons. The second kappa shape index (κ2) is 6.31. The summed E-state index contributed by atoms with van der Waals surface area (Å²) >= 11 is 15.6. The van der Waals surface area contributed by atoms with Crippen LogP contribution in [0.1, 0.15) is 20.8 Å². The van der Waals surface area contributed by atoms with E-state index in [2.05, 4.69) is 36.7 Å². The maximum atomic E-state index is 6.05. The number of para-hydroxylation sites is 1. The average Bonchev–Trinajstić information content (AvgIpc) is 2.20. The number of halogens is 3. The lowest BCUT2D eigenvalue weighted by molar-refractivity contribution is 0.166. The SMILES string of the molecule is CC(C)(C)C(CBr)COc1c(Cl)cccc1Cl. The van der Waals surface area contributed by atoms with Gasteiger partial charge in [0.2, 0.25) is 0 Å². The van der Waals surface area contributed by atoms with Crippen molar-refractivity contribution in [3.8, 4) is 5.75 Å². The van der Waals surface area contributed by atoms with E-state index < -0.39 is 0 Å². The summed E-state index contributed by atoms with van der Waals surface area (Å²) in [5.74, 6) is 0.973. The summed E-state index contributed by atoms with van der Waals surface area (Å²) in [5.41, 5.74) is 0.178. The van der Waals surface area contributed by atoms with Gasteiger partial charge in [-0.05, 0) is 17.5 Å². The fourth-order valence-corrected chi connectivity index (χ4v) is 3.00. The lowest BCUT2D eigenvalue weighted by Gasteiger charge is -2.29. The fraction of sp³-hybridized carbons (Fsp3) is 0.538. The maximum absolute atomic E-state index is 6.05. The summed E-state index contributed by atoms with van der Waals surface area (Å²) in [5, 5.41) is 2.00. The van der Waals surface area contributed by atoms with E-state index in [0.29, 0.717) is 28.3 Å². The molecular formula is C13H17BrCl2O. The third kappa shape index (κ3) is 4.35. The minimum absolute atomic E-state index is 0.178. The van der Waals surface area contributed by atoms with Crippen molar-refractivity contribution in [3.05, 3.63) is 28.2 Å². The van der Waals surface area contributed by atoms with E-state index in [4.69, 9.17) is 27.9 Å². The largest absolute Gasteiger partial charge is 0.490 e. The molecule has 0 heterocycles. The van der Waals surface area contributed by atoms with Gasteiger partial charge in [-0.25, -0.2) is 0 Å². The summed E-state index contributed by atoms with van der Waals surface area (Å²) in [4.78, 5) is 0. The first-order valence-corrected chi connectivity index (χ1v) is 7.36. The van der Waals surface area contributed by atoms with E-state index in [9.17, 15) is 0 Å². The van der Waals surface area contributed by atoms with Gasteiger partial charge in [0.15, 0.2) is 5.75 Å². The number of benzene rings is 1. The van der Waals surface area contributed by atoms with E-state index in [1.807, 2.05) is 6.07 Å². The van der Waals surface area contributed by atoms with Crippen molar-refractivity contribution < 1.29 is 4.74 Å². The highest BCUT2D eigenvalue weighted by Crippen LogP contribution is 2.34. The van der Waals surface area contributed by atoms with Crippen LogP contribution in [0.2, 0.25) is 10.0 Å². The summed E-state index contributed by atoms with van der Waals surface area (Å²) < 4.78 is 5.75. The van der Waals surface area contributed by atoms with Gasteiger partial charge in [0.1, 0.15) is 0 Å². The van der Waals surface area contributed by atoms with Crippen LogP contribution < -0.4 is 4.74 Å². The van der Waals surface area contributed by atoms with Crippen molar-refractivity contribution in [2.24, 2.45) is 11.3 Å². The minimum Gasteiger partial charge on any atom is -0.490 e. The molecule has 0 radical (unpaired) electrons. The van der Waals surface area contributed by atoms with Crippen molar-refractivity contribution in [2.75, 3.05) is 11.9 Å². The molecule has 0 fully saturated rings. The Morgan fingerprint density at radius 3 is 2.18 bits per heavy atom. The molecule has 0 aliphatic heterocycles. The van der Waals surface area contributed by atoms with Gasteiger partial charge in [-0.15, -0.1) is 0 Å². The van der Waals surface area contributed by atoms with Gasteiger partial charge >= 0.3 is 0 Å². The summed E-state index contributed by atoms with van der Waals surface area (Å²) in [7, 11) is 0. The Kier molecular flexibility index (Phi) is 5.62. The molecule has 0 saturated carbocycles. The van der Waals surface area contributed by atoms with Gasteiger partial charge in [0.05, 0.1) is 16.7 Å². The molecule has 0 aliphatic rings. The van der Waals surface area contributed by atoms with Crippen molar-refractivity contribution in [2.45, 2.75) is 20.8 Å². The molecule has 0 amide bonds. The topological polar surface area (TPSA) is 9.23 Å². The van der Waals surface area contributed by atoms with Gasteiger partial charge in [0.25, 0.3) is 0 Å². The molecule has 1 unspecified atom stereocenters. The van der Waals surface area contributed by atoms with Crippen LogP contribution in [0.4, 0.5) is 0 Å². The summed E-state index contributed by atoms with van der Waals surface area (Å²) in [6.07, 6.45) is 0. The average molecular weight is 340 g/mol. The molecular weight excluding hydrogens is 323 g/mol. The van der Waals surface area contributed by atoms with Crippen LogP contribution in [0.15, 0.2) is 18.2 Å². The quantitative estimate of drug-likeness (QED) is 0.664. The highest BCUT2D eigenvalue weighted by molar-refractivity contribution is 9.09. The Labute approximate surface area is 122 Å². The second-order valence-corrected chi connectivity index (χ2v) is 6.54. The van der Waals surface area contributed by atoms with Crippen molar-refractivity contribution in [1.29, 1.82) is 0 Å². The first-order chi connectivity index (χ1) is 7.86. The minimum atomic E-state index is 0.178. The van der Waals surface area contributed by atoms with Gasteiger partial charge in [-0.3, -0.25) is 0 Å². The zero-order valence-corrected chi connectivity index (χ0v) is 13.4. The molecule has 0 N–H and O–H groups in total. The van der Waals surface area contributed by atoms with E-state index in [1.165, 1.54) is 0 Å². The molecule has 17 heavy (non-hydrogen) atoms. The molecule has 0 bridgehead atoms. The van der Waals surface area contributed by atoms with Crippen LogP contribution in [0.3, 0.4) is 0 Å². The predicted molar refractivity (Wildman–Crippen MR) is 78.7 cm³/mol. The number of hydrogen-bond acceptors (Lipinski definition) is 1. The Balaban J connectivity index is 2.73. The molecule has 1 aromatic rings. The van der Waals surface area contributed by atoms with Crippen molar-refractivity contribution in [1.82, 2.24) is 0 Å². The highest BCUT2D eigenvalue weighted by Gasteiger charge is 2.24. The molecule has 0 saturated heterocycles. The Bertz CT molecular complexity index is 354.